The van der Waals surface area contributed by atoms with Crippen LogP contribution in [0.1, 0.15) is 63.9 Å². The highest BCUT2D eigenvalue weighted by molar-refractivity contribution is 6.27. The molecule has 0 radical (unpaired) electrons. The lowest BCUT2D eigenvalue weighted by molar-refractivity contribution is -0.159. The van der Waals surface area contributed by atoms with Crippen molar-refractivity contribution >= 4 is 11.9 Å². The van der Waals surface area contributed by atoms with Crippen LogP contribution in [-0.2, 0) is 9.59 Å². The summed E-state index contributed by atoms with van der Waals surface area (Å²) in [6, 6.07) is 8.74. The number of aliphatic carboxylic acids is 2. The highest BCUT2D eigenvalue weighted by Crippen LogP contribution is 2.53. The zero-order valence-electron chi connectivity index (χ0n) is 16.3. The van der Waals surface area contributed by atoms with E-state index >= 15 is 0 Å². The summed E-state index contributed by atoms with van der Waals surface area (Å²) in [5.41, 5.74) is 1.58. The lowest BCUT2D eigenvalue weighted by Gasteiger charge is -2.39. The summed E-state index contributed by atoms with van der Waals surface area (Å²) < 4.78 is 6.53. The summed E-state index contributed by atoms with van der Waals surface area (Å²) in [5, 5.41) is 14.8. The number of hydrogen-bond acceptors (Lipinski definition) is 4. The first kappa shape index (κ1) is 21.2. The van der Waals surface area contributed by atoms with E-state index in [0.717, 1.165) is 18.8 Å². The lowest BCUT2D eigenvalue weighted by Crippen LogP contribution is -2.41. The van der Waals surface area contributed by atoms with Crippen LogP contribution in [0.25, 0.3) is 0 Å². The van der Waals surface area contributed by atoms with Crippen molar-refractivity contribution in [2.45, 2.75) is 63.9 Å². The number of carboxylic acids is 2. The number of carbonyl (C=O) groups is 2. The average molecular weight is 377 g/mol. The number of benzene rings is 1. The highest BCUT2D eigenvalue weighted by atomic mass is 16.5. The Hall–Kier alpha value is -2.08. The fourth-order valence-corrected chi connectivity index (χ4v) is 4.34. The quantitative estimate of drug-likeness (QED) is 0.734. The first-order chi connectivity index (χ1) is 12.9. The molecule has 3 rings (SSSR count). The molecular formula is C21H31NO5. The maximum Gasteiger partial charge on any atom is 0.414 e. The second-order valence-corrected chi connectivity index (χ2v) is 7.24. The van der Waals surface area contributed by atoms with Crippen molar-refractivity contribution < 1.29 is 24.5 Å². The fourth-order valence-electron chi connectivity index (χ4n) is 4.34. The molecule has 1 aromatic rings. The molecule has 1 aliphatic carbocycles. The molecule has 1 aromatic carbocycles. The van der Waals surface area contributed by atoms with E-state index in [1.54, 1.807) is 0 Å². The Labute approximate surface area is 161 Å². The van der Waals surface area contributed by atoms with E-state index in [-0.39, 0.29) is 5.60 Å². The van der Waals surface area contributed by atoms with Crippen LogP contribution in [0.5, 0.6) is 5.75 Å². The Morgan fingerprint density at radius 2 is 1.81 bits per heavy atom. The van der Waals surface area contributed by atoms with E-state index in [1.807, 2.05) is 0 Å². The van der Waals surface area contributed by atoms with Crippen LogP contribution in [-0.4, -0.2) is 52.3 Å². The molecule has 0 spiro atoms. The van der Waals surface area contributed by atoms with Crippen LogP contribution in [0.3, 0.4) is 0 Å². The number of rotatable bonds is 6. The van der Waals surface area contributed by atoms with Crippen molar-refractivity contribution in [2.24, 2.45) is 0 Å². The lowest BCUT2D eigenvalue weighted by atomic mass is 9.71. The van der Waals surface area contributed by atoms with Gasteiger partial charge in [-0.2, -0.15) is 0 Å². The first-order valence-corrected chi connectivity index (χ1v) is 9.90. The maximum atomic E-state index is 9.10. The second-order valence-electron chi connectivity index (χ2n) is 7.24. The number of carboxylic acid groups (broad SMARTS) is 2. The second kappa shape index (κ2) is 9.74. The van der Waals surface area contributed by atoms with Crippen LogP contribution >= 0.6 is 0 Å². The van der Waals surface area contributed by atoms with Gasteiger partial charge in [0.2, 0.25) is 0 Å². The monoisotopic (exact) mass is 377 g/mol. The molecule has 1 fully saturated rings. The van der Waals surface area contributed by atoms with E-state index in [4.69, 9.17) is 24.5 Å². The molecule has 2 N–H and O–H groups in total. The molecule has 0 saturated heterocycles. The number of nitrogens with zero attached hydrogens (tertiary/aromatic N) is 1. The van der Waals surface area contributed by atoms with Crippen LogP contribution in [0, 0.1) is 0 Å². The SMILES string of the molecule is CCN(CC)CCCC12CCCCC1c1ccccc1O2.O=C(O)C(=O)O. The third-order valence-corrected chi connectivity index (χ3v) is 5.74. The molecule has 0 amide bonds. The smallest absolute Gasteiger partial charge is 0.414 e. The summed E-state index contributed by atoms with van der Waals surface area (Å²) in [5.74, 6) is -1.85. The zero-order chi connectivity index (χ0) is 19.9. The zero-order valence-corrected chi connectivity index (χ0v) is 16.3. The predicted octanol–water partition coefficient (Wildman–Crippen LogP) is 3.75. The fraction of sp³-hybridized carbons (Fsp3) is 0.619. The van der Waals surface area contributed by atoms with Gasteiger partial charge in [-0.15, -0.1) is 0 Å². The van der Waals surface area contributed by atoms with Gasteiger partial charge in [0.05, 0.1) is 0 Å². The van der Waals surface area contributed by atoms with Gasteiger partial charge in [0.25, 0.3) is 0 Å². The molecule has 2 atom stereocenters. The maximum absolute atomic E-state index is 9.10. The molecule has 27 heavy (non-hydrogen) atoms. The first-order valence-electron chi connectivity index (χ1n) is 9.90. The van der Waals surface area contributed by atoms with Crippen LogP contribution in [0.4, 0.5) is 0 Å². The summed E-state index contributed by atoms with van der Waals surface area (Å²) in [6.07, 6.45) is 7.71. The summed E-state index contributed by atoms with van der Waals surface area (Å²) >= 11 is 0. The Morgan fingerprint density at radius 1 is 1.15 bits per heavy atom. The molecule has 0 bridgehead atoms. The predicted molar refractivity (Wildman–Crippen MR) is 103 cm³/mol. The number of ether oxygens (including phenoxy) is 1. The molecule has 150 valence electrons. The third-order valence-electron chi connectivity index (χ3n) is 5.74. The number of fused-ring (bicyclic) bond motifs is 3. The van der Waals surface area contributed by atoms with Crippen molar-refractivity contribution in [3.8, 4) is 5.75 Å². The normalized spacial score (nSPS) is 22.9. The van der Waals surface area contributed by atoms with Crippen LogP contribution < -0.4 is 4.74 Å². The molecule has 6 nitrogen and oxygen atoms in total. The standard InChI is InChI=1S/C19H29NO.C2H2O4/c1-3-20(4-2)15-9-14-19-13-8-7-11-17(19)16-10-5-6-12-18(16)21-19;3-1(4)2(5)6/h5-6,10,12,17H,3-4,7-9,11,13-15H2,1-2H3;(H,3,4)(H,5,6). The molecule has 0 aromatic heterocycles. The topological polar surface area (TPSA) is 87.1 Å². The van der Waals surface area contributed by atoms with Gasteiger partial charge in [-0.3, -0.25) is 0 Å². The van der Waals surface area contributed by atoms with E-state index in [9.17, 15) is 0 Å². The van der Waals surface area contributed by atoms with E-state index in [1.165, 1.54) is 50.6 Å². The minimum Gasteiger partial charge on any atom is -0.486 e. The van der Waals surface area contributed by atoms with Crippen molar-refractivity contribution in [3.63, 3.8) is 0 Å². The van der Waals surface area contributed by atoms with Gasteiger partial charge in [0.1, 0.15) is 11.4 Å². The molecule has 6 heteroatoms. The van der Waals surface area contributed by atoms with Gasteiger partial charge in [0.15, 0.2) is 0 Å². The highest BCUT2D eigenvalue weighted by Gasteiger charge is 2.48. The molecule has 1 heterocycles. The summed E-state index contributed by atoms with van der Waals surface area (Å²) in [7, 11) is 0. The number of hydrogen-bond donors (Lipinski definition) is 2. The van der Waals surface area contributed by atoms with E-state index in [0.29, 0.717) is 5.92 Å². The Balaban J connectivity index is 0.000000380. The molecular weight excluding hydrogens is 346 g/mol. The largest absolute Gasteiger partial charge is 0.486 e. The summed E-state index contributed by atoms with van der Waals surface area (Å²) in [4.78, 5) is 20.7. The van der Waals surface area contributed by atoms with Gasteiger partial charge < -0.3 is 19.8 Å². The third kappa shape index (κ3) is 5.22. The number of para-hydroxylation sites is 1. The molecule has 1 aliphatic heterocycles. The Kier molecular flexibility index (Phi) is 7.66. The van der Waals surface area contributed by atoms with Gasteiger partial charge in [-0.05, 0) is 57.8 Å². The van der Waals surface area contributed by atoms with E-state index in [2.05, 4.69) is 43.0 Å². The van der Waals surface area contributed by atoms with Gasteiger partial charge in [0, 0.05) is 11.5 Å². The molecule has 1 saturated carbocycles. The molecule has 2 aliphatic rings. The van der Waals surface area contributed by atoms with Crippen LogP contribution in [0.2, 0.25) is 0 Å². The van der Waals surface area contributed by atoms with Crippen LogP contribution in [0.15, 0.2) is 24.3 Å². The molecule has 2 unspecified atom stereocenters. The van der Waals surface area contributed by atoms with E-state index < -0.39 is 11.9 Å². The Morgan fingerprint density at radius 3 is 2.44 bits per heavy atom. The minimum atomic E-state index is -1.82. The average Bonchev–Trinajstić information content (AvgIpc) is 3.00. The van der Waals surface area contributed by atoms with Crippen molar-refractivity contribution in [1.29, 1.82) is 0 Å². The minimum absolute atomic E-state index is 0.106. The van der Waals surface area contributed by atoms with Crippen molar-refractivity contribution in [3.05, 3.63) is 29.8 Å². The van der Waals surface area contributed by atoms with Gasteiger partial charge in [-0.1, -0.05) is 38.5 Å². The Bertz CT molecular complexity index is 631. The van der Waals surface area contributed by atoms with Gasteiger partial charge in [-0.25, -0.2) is 9.59 Å². The van der Waals surface area contributed by atoms with Crippen molar-refractivity contribution in [2.75, 3.05) is 19.6 Å². The summed E-state index contributed by atoms with van der Waals surface area (Å²) in [6.45, 7) is 8.05. The van der Waals surface area contributed by atoms with Gasteiger partial charge >= 0.3 is 11.9 Å². The van der Waals surface area contributed by atoms with Crippen molar-refractivity contribution in [1.82, 2.24) is 4.90 Å².